The maximum atomic E-state index is 13.5. The Morgan fingerprint density at radius 3 is 2.46 bits per heavy atom. The quantitative estimate of drug-likeness (QED) is 0.235. The third kappa shape index (κ3) is 7.33. The first-order valence-electron chi connectivity index (χ1n) is 10.9. The predicted molar refractivity (Wildman–Crippen MR) is 136 cm³/mol. The molecule has 0 saturated heterocycles. The molecule has 0 spiro atoms. The molecule has 0 aliphatic heterocycles. The first kappa shape index (κ1) is 25.8. The van der Waals surface area contributed by atoms with Crippen molar-refractivity contribution in [2.75, 3.05) is 18.5 Å². The second-order valence-corrected chi connectivity index (χ2v) is 8.12. The highest BCUT2D eigenvalue weighted by atomic mass is 79.9. The number of carbonyl (C=O) groups is 1. The number of ether oxygens (including phenoxy) is 3. The van der Waals surface area contributed by atoms with E-state index in [9.17, 15) is 14.4 Å². The molecule has 8 heteroatoms. The first-order valence-corrected chi connectivity index (χ1v) is 11.7. The molecule has 3 aromatic carbocycles. The summed E-state index contributed by atoms with van der Waals surface area (Å²) in [5, 5.41) is 12.3. The van der Waals surface area contributed by atoms with E-state index in [1.165, 1.54) is 18.2 Å². The van der Waals surface area contributed by atoms with Gasteiger partial charge >= 0.3 is 0 Å². The molecule has 0 aromatic heterocycles. The molecule has 6 nitrogen and oxygen atoms in total. The van der Waals surface area contributed by atoms with Gasteiger partial charge in [0.15, 0.2) is 11.5 Å². The average Bonchev–Trinajstić information content (AvgIpc) is 2.83. The first-order chi connectivity index (χ1) is 16.9. The summed E-state index contributed by atoms with van der Waals surface area (Å²) < 4.78 is 31.0. The minimum Gasteiger partial charge on any atom is -0.494 e. The van der Waals surface area contributed by atoms with Crippen LogP contribution < -0.4 is 19.5 Å². The molecular formula is C27H24BrFN2O4. The largest absolute Gasteiger partial charge is 0.494 e. The summed E-state index contributed by atoms with van der Waals surface area (Å²) in [5.41, 5.74) is 1.69. The zero-order valence-electron chi connectivity index (χ0n) is 19.3. The molecule has 0 aliphatic rings. The van der Waals surface area contributed by atoms with E-state index in [4.69, 9.17) is 14.2 Å². The highest BCUT2D eigenvalue weighted by molar-refractivity contribution is 9.10. The molecule has 0 atom stereocenters. The Labute approximate surface area is 212 Å². The van der Waals surface area contributed by atoms with Gasteiger partial charge in [-0.25, -0.2) is 4.39 Å². The number of carbonyl (C=O) groups excluding carboxylic acids is 1. The summed E-state index contributed by atoms with van der Waals surface area (Å²) in [4.78, 5) is 12.7. The van der Waals surface area contributed by atoms with E-state index >= 15 is 0 Å². The number of rotatable bonds is 10. The van der Waals surface area contributed by atoms with E-state index in [0.717, 1.165) is 0 Å². The lowest BCUT2D eigenvalue weighted by Gasteiger charge is -2.15. The van der Waals surface area contributed by atoms with Crippen LogP contribution in [0, 0.1) is 17.1 Å². The van der Waals surface area contributed by atoms with Gasteiger partial charge in [-0.05, 0) is 95.5 Å². The van der Waals surface area contributed by atoms with Gasteiger partial charge in [-0.1, -0.05) is 12.1 Å². The minimum atomic E-state index is -0.544. The fraction of sp³-hybridized carbons (Fsp3) is 0.185. The number of anilines is 1. The molecule has 0 radical (unpaired) electrons. The third-order valence-electron chi connectivity index (χ3n) is 4.70. The molecule has 0 unspecified atom stereocenters. The summed E-state index contributed by atoms with van der Waals surface area (Å²) in [6.45, 7) is 4.77. The van der Waals surface area contributed by atoms with Crippen molar-refractivity contribution in [3.8, 4) is 23.3 Å². The van der Waals surface area contributed by atoms with Crippen LogP contribution in [-0.2, 0) is 11.4 Å². The maximum Gasteiger partial charge on any atom is 0.266 e. The van der Waals surface area contributed by atoms with E-state index in [1.807, 2.05) is 19.9 Å². The molecule has 3 aromatic rings. The summed E-state index contributed by atoms with van der Waals surface area (Å²) in [6, 6.07) is 18.3. The van der Waals surface area contributed by atoms with Crippen molar-refractivity contribution in [1.29, 1.82) is 5.26 Å². The Bertz CT molecular complexity index is 1250. The van der Waals surface area contributed by atoms with Crippen LogP contribution in [0.4, 0.5) is 10.1 Å². The van der Waals surface area contributed by atoms with Gasteiger partial charge in [0, 0.05) is 5.69 Å². The molecule has 180 valence electrons. The SMILES string of the molecule is CCOc1ccc(NC(=O)/C(C#N)=C/c2cc(Br)c(OCc3cccc(F)c3)c(OCC)c2)cc1. The molecule has 1 amide bonds. The minimum absolute atomic E-state index is 0.0818. The fourth-order valence-electron chi connectivity index (χ4n) is 3.17. The van der Waals surface area contributed by atoms with E-state index in [0.29, 0.717) is 51.7 Å². The van der Waals surface area contributed by atoms with Gasteiger partial charge in [-0.15, -0.1) is 0 Å². The van der Waals surface area contributed by atoms with Crippen LogP contribution in [0.2, 0.25) is 0 Å². The number of hydrogen-bond acceptors (Lipinski definition) is 5. The lowest BCUT2D eigenvalue weighted by atomic mass is 10.1. The van der Waals surface area contributed by atoms with Crippen LogP contribution in [0.5, 0.6) is 17.2 Å². The van der Waals surface area contributed by atoms with Crippen LogP contribution >= 0.6 is 15.9 Å². The molecule has 0 saturated carbocycles. The van der Waals surface area contributed by atoms with Crippen LogP contribution in [-0.4, -0.2) is 19.1 Å². The standard InChI is InChI=1S/C27H24BrFN2O4/c1-3-33-23-10-8-22(9-11-23)31-27(32)20(16-30)12-19-14-24(28)26(25(15-19)34-4-2)35-17-18-6-5-7-21(29)13-18/h5-15H,3-4,17H2,1-2H3,(H,31,32)/b20-12+. The lowest BCUT2D eigenvalue weighted by molar-refractivity contribution is -0.112. The maximum absolute atomic E-state index is 13.5. The highest BCUT2D eigenvalue weighted by Gasteiger charge is 2.15. The molecule has 0 heterocycles. The van der Waals surface area contributed by atoms with Gasteiger partial charge in [-0.3, -0.25) is 4.79 Å². The number of nitriles is 1. The Morgan fingerprint density at radius 2 is 1.80 bits per heavy atom. The molecular weight excluding hydrogens is 515 g/mol. The van der Waals surface area contributed by atoms with Crippen molar-refractivity contribution in [3.05, 3.63) is 87.7 Å². The van der Waals surface area contributed by atoms with E-state index in [1.54, 1.807) is 48.5 Å². The number of nitrogens with one attached hydrogen (secondary N) is 1. The summed E-state index contributed by atoms with van der Waals surface area (Å²) in [5.74, 6) is 0.661. The van der Waals surface area contributed by atoms with Crippen molar-refractivity contribution < 1.29 is 23.4 Å². The fourth-order valence-corrected chi connectivity index (χ4v) is 3.75. The molecule has 0 fully saturated rings. The molecule has 0 aliphatic carbocycles. The zero-order valence-corrected chi connectivity index (χ0v) is 20.9. The normalized spacial score (nSPS) is 10.9. The van der Waals surface area contributed by atoms with Crippen LogP contribution in [0.3, 0.4) is 0 Å². The Balaban J connectivity index is 1.80. The lowest BCUT2D eigenvalue weighted by Crippen LogP contribution is -2.13. The number of halogens is 2. The average molecular weight is 539 g/mol. The third-order valence-corrected chi connectivity index (χ3v) is 5.29. The Morgan fingerprint density at radius 1 is 1.06 bits per heavy atom. The topological polar surface area (TPSA) is 80.6 Å². The molecule has 0 bridgehead atoms. The van der Waals surface area contributed by atoms with Crippen LogP contribution in [0.25, 0.3) is 6.08 Å². The smallest absolute Gasteiger partial charge is 0.266 e. The van der Waals surface area contributed by atoms with Crippen molar-refractivity contribution in [2.24, 2.45) is 0 Å². The predicted octanol–water partition coefficient (Wildman–Crippen LogP) is 6.51. The number of benzene rings is 3. The van der Waals surface area contributed by atoms with Gasteiger partial charge in [-0.2, -0.15) is 5.26 Å². The number of hydrogen-bond donors (Lipinski definition) is 1. The van der Waals surface area contributed by atoms with E-state index < -0.39 is 5.91 Å². The van der Waals surface area contributed by atoms with Crippen LogP contribution in [0.1, 0.15) is 25.0 Å². The number of nitrogens with zero attached hydrogens (tertiary/aromatic N) is 1. The van der Waals surface area contributed by atoms with Crippen molar-refractivity contribution in [2.45, 2.75) is 20.5 Å². The van der Waals surface area contributed by atoms with Crippen molar-refractivity contribution in [3.63, 3.8) is 0 Å². The molecule has 35 heavy (non-hydrogen) atoms. The van der Waals surface area contributed by atoms with E-state index in [-0.39, 0.29) is 18.0 Å². The molecule has 1 N–H and O–H groups in total. The summed E-state index contributed by atoms with van der Waals surface area (Å²) >= 11 is 3.47. The number of amides is 1. The monoisotopic (exact) mass is 538 g/mol. The van der Waals surface area contributed by atoms with Crippen molar-refractivity contribution in [1.82, 2.24) is 0 Å². The zero-order chi connectivity index (χ0) is 25.2. The van der Waals surface area contributed by atoms with Gasteiger partial charge in [0.05, 0.1) is 17.7 Å². The van der Waals surface area contributed by atoms with Crippen molar-refractivity contribution >= 4 is 33.6 Å². The van der Waals surface area contributed by atoms with Gasteiger partial charge in [0.2, 0.25) is 0 Å². The summed E-state index contributed by atoms with van der Waals surface area (Å²) in [7, 11) is 0. The van der Waals surface area contributed by atoms with E-state index in [2.05, 4.69) is 21.2 Å². The van der Waals surface area contributed by atoms with Gasteiger partial charge < -0.3 is 19.5 Å². The highest BCUT2D eigenvalue weighted by Crippen LogP contribution is 2.38. The Kier molecular flexibility index (Phi) is 9.27. The molecule has 3 rings (SSSR count). The second-order valence-electron chi connectivity index (χ2n) is 7.26. The van der Waals surface area contributed by atoms with Crippen LogP contribution in [0.15, 0.2) is 70.7 Å². The summed E-state index contributed by atoms with van der Waals surface area (Å²) in [6.07, 6.45) is 1.47. The van der Waals surface area contributed by atoms with Gasteiger partial charge in [0.25, 0.3) is 5.91 Å². The second kappa shape index (κ2) is 12.6. The Hall–Kier alpha value is -3.83. The van der Waals surface area contributed by atoms with Gasteiger partial charge in [0.1, 0.15) is 29.8 Å².